The molecule has 1 aromatic heterocycles. The van der Waals surface area contributed by atoms with Crippen molar-refractivity contribution in [1.82, 2.24) is 9.97 Å². The number of carbonyl (C=O) groups excluding carboxylic acids is 1. The van der Waals surface area contributed by atoms with E-state index in [0.717, 1.165) is 28.6 Å². The topological polar surface area (TPSA) is 64.1 Å². The first-order valence-electron chi connectivity index (χ1n) is 9.23. The number of anilines is 1. The second kappa shape index (κ2) is 8.16. The van der Waals surface area contributed by atoms with Crippen LogP contribution >= 0.6 is 0 Å². The number of nitrogens with zero attached hydrogens (tertiary/aromatic N) is 2. The summed E-state index contributed by atoms with van der Waals surface area (Å²) in [7, 11) is 0. The van der Waals surface area contributed by atoms with E-state index in [1.54, 1.807) is 0 Å². The third kappa shape index (κ3) is 4.42. The summed E-state index contributed by atoms with van der Waals surface area (Å²) in [6, 6.07) is 12.2. The van der Waals surface area contributed by atoms with Gasteiger partial charge in [0.05, 0.1) is 17.6 Å². The minimum absolute atomic E-state index is 0.228. The summed E-state index contributed by atoms with van der Waals surface area (Å²) in [5.74, 6) is 0.00307. The Bertz CT molecular complexity index is 965. The summed E-state index contributed by atoms with van der Waals surface area (Å²) in [6.07, 6.45) is 0.761. The van der Waals surface area contributed by atoms with Crippen molar-refractivity contribution in [2.75, 3.05) is 11.9 Å². The Morgan fingerprint density at radius 2 is 1.63 bits per heavy atom. The first-order chi connectivity index (χ1) is 13.0. The molecule has 0 aliphatic rings. The minimum Gasteiger partial charge on any atom is -0.461 e. The van der Waals surface area contributed by atoms with Crippen LogP contribution in [-0.2, 0) is 11.3 Å². The van der Waals surface area contributed by atoms with Crippen LogP contribution in [0.25, 0.3) is 11.0 Å². The first kappa shape index (κ1) is 18.8. The second-order valence-corrected chi connectivity index (χ2v) is 6.82. The molecular formula is C22H25N3O2. The normalized spacial score (nSPS) is 10.8. The predicted octanol–water partition coefficient (Wildman–Crippen LogP) is 4.73. The van der Waals surface area contributed by atoms with Crippen LogP contribution in [-0.4, -0.2) is 22.5 Å². The Labute approximate surface area is 159 Å². The van der Waals surface area contributed by atoms with Crippen molar-refractivity contribution in [2.45, 2.75) is 40.7 Å². The van der Waals surface area contributed by atoms with Crippen molar-refractivity contribution in [3.63, 3.8) is 0 Å². The fourth-order valence-electron chi connectivity index (χ4n) is 2.73. The van der Waals surface area contributed by atoms with Gasteiger partial charge < -0.3 is 10.1 Å². The third-order valence-corrected chi connectivity index (χ3v) is 4.49. The summed E-state index contributed by atoms with van der Waals surface area (Å²) in [5, 5.41) is 3.26. The molecule has 0 atom stereocenters. The van der Waals surface area contributed by atoms with Gasteiger partial charge in [-0.05, 0) is 56.0 Å². The molecule has 0 unspecified atom stereocenters. The van der Waals surface area contributed by atoms with Crippen molar-refractivity contribution in [3.8, 4) is 0 Å². The largest absolute Gasteiger partial charge is 0.461 e. The van der Waals surface area contributed by atoms with Gasteiger partial charge in [0.15, 0.2) is 11.5 Å². The van der Waals surface area contributed by atoms with Crippen LogP contribution < -0.4 is 5.32 Å². The molecule has 0 aliphatic heterocycles. The number of aryl methyl sites for hydroxylation is 3. The molecule has 140 valence electrons. The van der Waals surface area contributed by atoms with E-state index in [0.29, 0.717) is 24.5 Å². The molecule has 0 aliphatic carbocycles. The summed E-state index contributed by atoms with van der Waals surface area (Å²) in [4.78, 5) is 21.7. The SMILES string of the molecule is CCCOC(=O)c1nc2cc(C)c(C)cc2nc1NCc1ccc(C)cc1. The summed E-state index contributed by atoms with van der Waals surface area (Å²) in [5.41, 5.74) is 6.26. The van der Waals surface area contributed by atoms with E-state index < -0.39 is 5.97 Å². The van der Waals surface area contributed by atoms with E-state index in [-0.39, 0.29) is 5.69 Å². The van der Waals surface area contributed by atoms with Crippen LogP contribution in [0.4, 0.5) is 5.82 Å². The maximum Gasteiger partial charge on any atom is 0.360 e. The van der Waals surface area contributed by atoms with Crippen LogP contribution in [0.2, 0.25) is 0 Å². The summed E-state index contributed by atoms with van der Waals surface area (Å²) >= 11 is 0. The van der Waals surface area contributed by atoms with Gasteiger partial charge >= 0.3 is 5.97 Å². The number of nitrogens with one attached hydrogen (secondary N) is 1. The van der Waals surface area contributed by atoms with Gasteiger partial charge in [0.25, 0.3) is 0 Å². The van der Waals surface area contributed by atoms with Gasteiger partial charge in [0, 0.05) is 6.54 Å². The Morgan fingerprint density at radius 1 is 1.00 bits per heavy atom. The van der Waals surface area contributed by atoms with Gasteiger partial charge in [-0.3, -0.25) is 0 Å². The monoisotopic (exact) mass is 363 g/mol. The van der Waals surface area contributed by atoms with E-state index in [9.17, 15) is 4.79 Å². The van der Waals surface area contributed by atoms with Gasteiger partial charge in [-0.25, -0.2) is 14.8 Å². The second-order valence-electron chi connectivity index (χ2n) is 6.82. The molecule has 5 heteroatoms. The number of rotatable bonds is 6. The zero-order chi connectivity index (χ0) is 19.4. The Balaban J connectivity index is 1.97. The van der Waals surface area contributed by atoms with Crippen molar-refractivity contribution < 1.29 is 9.53 Å². The van der Waals surface area contributed by atoms with E-state index >= 15 is 0 Å². The molecule has 0 fully saturated rings. The number of aromatic nitrogens is 2. The Morgan fingerprint density at radius 3 is 2.26 bits per heavy atom. The van der Waals surface area contributed by atoms with Gasteiger partial charge in [-0.2, -0.15) is 0 Å². The fraction of sp³-hybridized carbons (Fsp3) is 0.318. The average Bonchev–Trinajstić information content (AvgIpc) is 2.66. The third-order valence-electron chi connectivity index (χ3n) is 4.49. The smallest absolute Gasteiger partial charge is 0.360 e. The van der Waals surface area contributed by atoms with Crippen molar-refractivity contribution in [2.24, 2.45) is 0 Å². The number of fused-ring (bicyclic) bond motifs is 1. The highest BCUT2D eigenvalue weighted by Crippen LogP contribution is 2.22. The molecule has 0 saturated carbocycles. The molecule has 27 heavy (non-hydrogen) atoms. The highest BCUT2D eigenvalue weighted by molar-refractivity contribution is 5.95. The lowest BCUT2D eigenvalue weighted by Crippen LogP contribution is -2.14. The number of benzene rings is 2. The van der Waals surface area contributed by atoms with Crippen molar-refractivity contribution in [1.29, 1.82) is 0 Å². The first-order valence-corrected chi connectivity index (χ1v) is 9.23. The highest BCUT2D eigenvalue weighted by Gasteiger charge is 2.18. The Hall–Kier alpha value is -2.95. The van der Waals surface area contributed by atoms with Crippen LogP contribution in [0.5, 0.6) is 0 Å². The van der Waals surface area contributed by atoms with E-state index in [2.05, 4.69) is 46.5 Å². The van der Waals surface area contributed by atoms with Crippen LogP contribution in [0.3, 0.4) is 0 Å². The molecule has 5 nitrogen and oxygen atoms in total. The number of carbonyl (C=O) groups is 1. The molecule has 1 heterocycles. The van der Waals surface area contributed by atoms with E-state index in [1.807, 2.05) is 32.9 Å². The molecule has 0 spiro atoms. The van der Waals surface area contributed by atoms with Crippen LogP contribution in [0.15, 0.2) is 36.4 Å². The minimum atomic E-state index is -0.448. The van der Waals surface area contributed by atoms with Gasteiger partial charge in [-0.15, -0.1) is 0 Å². The summed E-state index contributed by atoms with van der Waals surface area (Å²) < 4.78 is 5.31. The number of ether oxygens (including phenoxy) is 1. The zero-order valence-electron chi connectivity index (χ0n) is 16.3. The molecule has 3 aromatic rings. The number of esters is 1. The molecule has 0 amide bonds. The van der Waals surface area contributed by atoms with Crippen molar-refractivity contribution >= 4 is 22.8 Å². The molecular weight excluding hydrogens is 338 g/mol. The lowest BCUT2D eigenvalue weighted by Gasteiger charge is -2.12. The van der Waals surface area contributed by atoms with Gasteiger partial charge in [0.1, 0.15) is 0 Å². The lowest BCUT2D eigenvalue weighted by atomic mass is 10.1. The Kier molecular flexibility index (Phi) is 5.69. The molecule has 3 rings (SSSR count). The molecule has 1 N–H and O–H groups in total. The molecule has 0 bridgehead atoms. The van der Waals surface area contributed by atoms with Gasteiger partial charge in [-0.1, -0.05) is 36.8 Å². The fourth-order valence-corrected chi connectivity index (χ4v) is 2.73. The van der Waals surface area contributed by atoms with Crippen molar-refractivity contribution in [3.05, 3.63) is 64.3 Å². The molecule has 0 saturated heterocycles. The standard InChI is InChI=1S/C22H25N3O2/c1-5-10-27-22(26)20-21(23-13-17-8-6-14(2)7-9-17)25-19-12-16(4)15(3)11-18(19)24-20/h6-9,11-12H,5,10,13H2,1-4H3,(H,23,25). The maximum absolute atomic E-state index is 12.5. The predicted molar refractivity (Wildman–Crippen MR) is 108 cm³/mol. The average molecular weight is 363 g/mol. The maximum atomic E-state index is 12.5. The quantitative estimate of drug-likeness (QED) is 0.641. The van der Waals surface area contributed by atoms with Crippen LogP contribution in [0, 0.1) is 20.8 Å². The number of hydrogen-bond acceptors (Lipinski definition) is 5. The van der Waals surface area contributed by atoms with Crippen LogP contribution in [0.1, 0.15) is 46.1 Å². The molecule has 0 radical (unpaired) electrons. The number of hydrogen-bond donors (Lipinski definition) is 1. The highest BCUT2D eigenvalue weighted by atomic mass is 16.5. The molecule has 2 aromatic carbocycles. The lowest BCUT2D eigenvalue weighted by molar-refractivity contribution is 0.0499. The van der Waals surface area contributed by atoms with E-state index in [1.165, 1.54) is 5.56 Å². The zero-order valence-corrected chi connectivity index (χ0v) is 16.3. The van der Waals surface area contributed by atoms with Gasteiger partial charge in [0.2, 0.25) is 0 Å². The van der Waals surface area contributed by atoms with E-state index in [4.69, 9.17) is 4.74 Å². The summed E-state index contributed by atoms with van der Waals surface area (Å²) in [6.45, 7) is 9.00.